The second kappa shape index (κ2) is 4.63. The highest BCUT2D eigenvalue weighted by atomic mass is 79.9. The maximum atomic E-state index is 11.5. The number of hydrogen-bond acceptors (Lipinski definition) is 2. The largest absolute Gasteiger partial charge is 0.369 e. The van der Waals surface area contributed by atoms with E-state index in [2.05, 4.69) is 20.9 Å². The Morgan fingerprint density at radius 3 is 2.70 bits per heavy atom. The fraction of sp³-hybridized carbons (Fsp3) is 0.286. The second-order valence-electron chi connectivity index (χ2n) is 5.13. The summed E-state index contributed by atoms with van der Waals surface area (Å²) in [4.78, 5) is 26.1. The van der Waals surface area contributed by atoms with Crippen LogP contribution in [0.3, 0.4) is 0 Å². The number of hydrogen-bond donors (Lipinski definition) is 3. The normalized spacial score (nSPS) is 17.9. The topological polar surface area (TPSA) is 102 Å². The molecule has 1 aliphatic rings. The Kier molecular flexibility index (Phi) is 3.05. The number of rotatable bonds is 2. The SMILES string of the molecule is NC(=O)c1ccc(Br)c2c3c([nH]c12)CC(C(N)=O)CC3. The highest BCUT2D eigenvalue weighted by Gasteiger charge is 2.27. The molecule has 1 heterocycles. The van der Waals surface area contributed by atoms with Gasteiger partial charge in [-0.3, -0.25) is 9.59 Å². The number of primary amides is 2. The lowest BCUT2D eigenvalue weighted by molar-refractivity contribution is -0.122. The van der Waals surface area contributed by atoms with Gasteiger partial charge in [-0.25, -0.2) is 0 Å². The molecule has 0 spiro atoms. The van der Waals surface area contributed by atoms with Crippen LogP contribution in [0.4, 0.5) is 0 Å². The number of aromatic amines is 1. The van der Waals surface area contributed by atoms with Gasteiger partial charge >= 0.3 is 0 Å². The minimum atomic E-state index is -0.465. The molecule has 2 amide bonds. The minimum absolute atomic E-state index is 0.147. The molecule has 1 aromatic carbocycles. The summed E-state index contributed by atoms with van der Waals surface area (Å²) in [5, 5.41) is 0.985. The Labute approximate surface area is 123 Å². The van der Waals surface area contributed by atoms with Crippen molar-refractivity contribution in [2.24, 2.45) is 17.4 Å². The van der Waals surface area contributed by atoms with Crippen LogP contribution in [0.5, 0.6) is 0 Å². The van der Waals surface area contributed by atoms with Gasteiger partial charge in [-0.05, 0) is 37.0 Å². The zero-order valence-corrected chi connectivity index (χ0v) is 12.3. The molecule has 6 heteroatoms. The molecule has 104 valence electrons. The molecule has 1 unspecified atom stereocenters. The molecule has 20 heavy (non-hydrogen) atoms. The summed E-state index contributed by atoms with van der Waals surface area (Å²) in [6.45, 7) is 0. The van der Waals surface area contributed by atoms with Gasteiger partial charge in [-0.2, -0.15) is 0 Å². The lowest BCUT2D eigenvalue weighted by Crippen LogP contribution is -2.28. The van der Waals surface area contributed by atoms with Crippen molar-refractivity contribution < 1.29 is 9.59 Å². The Morgan fingerprint density at radius 2 is 2.05 bits per heavy atom. The van der Waals surface area contributed by atoms with E-state index < -0.39 is 5.91 Å². The molecule has 0 fully saturated rings. The van der Waals surface area contributed by atoms with Crippen LogP contribution in [-0.2, 0) is 17.6 Å². The number of aryl methyl sites for hydroxylation is 1. The van der Waals surface area contributed by atoms with Gasteiger partial charge in [0.25, 0.3) is 5.91 Å². The first-order valence-electron chi connectivity index (χ1n) is 6.40. The van der Waals surface area contributed by atoms with Gasteiger partial charge in [0.2, 0.25) is 5.91 Å². The summed E-state index contributed by atoms with van der Waals surface area (Å²) < 4.78 is 0.924. The van der Waals surface area contributed by atoms with E-state index in [1.165, 1.54) is 0 Å². The maximum absolute atomic E-state index is 11.5. The predicted molar refractivity (Wildman–Crippen MR) is 79.2 cm³/mol. The van der Waals surface area contributed by atoms with Gasteiger partial charge in [0, 0.05) is 21.5 Å². The molecule has 0 aliphatic heterocycles. The Morgan fingerprint density at radius 1 is 1.30 bits per heavy atom. The van der Waals surface area contributed by atoms with Crippen molar-refractivity contribution in [2.45, 2.75) is 19.3 Å². The van der Waals surface area contributed by atoms with Crippen LogP contribution in [0.1, 0.15) is 28.0 Å². The number of fused-ring (bicyclic) bond motifs is 3. The number of carbonyl (C=O) groups excluding carboxylic acids is 2. The summed E-state index contributed by atoms with van der Waals surface area (Å²) in [6.07, 6.45) is 2.09. The Hall–Kier alpha value is -1.82. The smallest absolute Gasteiger partial charge is 0.250 e. The first-order valence-corrected chi connectivity index (χ1v) is 7.19. The van der Waals surface area contributed by atoms with E-state index in [9.17, 15) is 9.59 Å². The molecule has 2 aromatic rings. The molecule has 0 radical (unpaired) electrons. The van der Waals surface area contributed by atoms with Crippen LogP contribution in [0.2, 0.25) is 0 Å². The molecular weight excluding hydrogens is 322 g/mol. The average Bonchev–Trinajstić information content (AvgIpc) is 2.77. The van der Waals surface area contributed by atoms with Crippen molar-refractivity contribution in [1.29, 1.82) is 0 Å². The molecule has 1 atom stereocenters. The van der Waals surface area contributed by atoms with Gasteiger partial charge in [-0.15, -0.1) is 0 Å². The minimum Gasteiger partial charge on any atom is -0.369 e. The van der Waals surface area contributed by atoms with E-state index in [1.54, 1.807) is 6.07 Å². The van der Waals surface area contributed by atoms with E-state index in [-0.39, 0.29) is 11.8 Å². The van der Waals surface area contributed by atoms with E-state index in [0.717, 1.165) is 39.5 Å². The van der Waals surface area contributed by atoms with E-state index >= 15 is 0 Å². The van der Waals surface area contributed by atoms with Crippen molar-refractivity contribution >= 4 is 38.6 Å². The molecule has 1 aliphatic carbocycles. The van der Waals surface area contributed by atoms with E-state index in [4.69, 9.17) is 11.5 Å². The monoisotopic (exact) mass is 335 g/mol. The lowest BCUT2D eigenvalue weighted by atomic mass is 9.86. The first kappa shape index (κ1) is 13.2. The molecule has 0 saturated carbocycles. The third kappa shape index (κ3) is 1.91. The highest BCUT2D eigenvalue weighted by molar-refractivity contribution is 9.10. The third-order valence-electron chi connectivity index (χ3n) is 3.96. The van der Waals surface area contributed by atoms with Crippen LogP contribution in [0, 0.1) is 5.92 Å². The third-order valence-corrected chi connectivity index (χ3v) is 4.62. The predicted octanol–water partition coefficient (Wildman–Crippen LogP) is 1.62. The van der Waals surface area contributed by atoms with Crippen LogP contribution < -0.4 is 11.5 Å². The number of H-pyrrole nitrogens is 1. The van der Waals surface area contributed by atoms with Crippen LogP contribution in [0.15, 0.2) is 16.6 Å². The maximum Gasteiger partial charge on any atom is 0.250 e. The Bertz CT molecular complexity index is 736. The molecule has 0 bridgehead atoms. The highest BCUT2D eigenvalue weighted by Crippen LogP contribution is 2.36. The summed E-state index contributed by atoms with van der Waals surface area (Å²) in [7, 11) is 0. The van der Waals surface area contributed by atoms with Gasteiger partial charge in [0.15, 0.2) is 0 Å². The van der Waals surface area contributed by atoms with Crippen molar-refractivity contribution in [3.63, 3.8) is 0 Å². The number of amides is 2. The van der Waals surface area contributed by atoms with Crippen LogP contribution >= 0.6 is 15.9 Å². The van der Waals surface area contributed by atoms with Crippen molar-refractivity contribution in [2.75, 3.05) is 0 Å². The van der Waals surface area contributed by atoms with E-state index in [1.807, 2.05) is 6.07 Å². The number of aromatic nitrogens is 1. The zero-order valence-electron chi connectivity index (χ0n) is 10.7. The number of halogens is 1. The summed E-state index contributed by atoms with van der Waals surface area (Å²) in [6, 6.07) is 3.53. The lowest BCUT2D eigenvalue weighted by Gasteiger charge is -2.19. The molecule has 1 aromatic heterocycles. The van der Waals surface area contributed by atoms with Crippen LogP contribution in [0.25, 0.3) is 10.9 Å². The number of benzene rings is 1. The molecule has 5 nitrogen and oxygen atoms in total. The molecular formula is C14H14BrN3O2. The van der Waals surface area contributed by atoms with Gasteiger partial charge in [-0.1, -0.05) is 15.9 Å². The van der Waals surface area contributed by atoms with Crippen molar-refractivity contribution in [3.8, 4) is 0 Å². The second-order valence-corrected chi connectivity index (χ2v) is 5.99. The molecule has 0 saturated heterocycles. The van der Waals surface area contributed by atoms with Crippen molar-refractivity contribution in [1.82, 2.24) is 4.98 Å². The quantitative estimate of drug-likeness (QED) is 0.776. The summed E-state index contributed by atoms with van der Waals surface area (Å²) in [5.41, 5.74) is 14.1. The molecule has 5 N–H and O–H groups in total. The number of nitrogens with one attached hydrogen (secondary N) is 1. The molecule has 3 rings (SSSR count). The fourth-order valence-corrected chi connectivity index (χ4v) is 3.51. The number of carbonyl (C=O) groups is 2. The Balaban J connectivity index is 2.22. The van der Waals surface area contributed by atoms with Gasteiger partial charge in [0.05, 0.1) is 11.1 Å². The number of nitrogens with two attached hydrogens (primary N) is 2. The summed E-state index contributed by atoms with van der Waals surface area (Å²) >= 11 is 3.52. The first-order chi connectivity index (χ1) is 9.49. The summed E-state index contributed by atoms with van der Waals surface area (Å²) in [5.74, 6) is -0.887. The van der Waals surface area contributed by atoms with Crippen molar-refractivity contribution in [3.05, 3.63) is 33.4 Å². The van der Waals surface area contributed by atoms with Gasteiger partial charge in [0.1, 0.15) is 0 Å². The van der Waals surface area contributed by atoms with Gasteiger partial charge < -0.3 is 16.5 Å². The van der Waals surface area contributed by atoms with E-state index in [0.29, 0.717) is 12.0 Å². The average molecular weight is 336 g/mol. The zero-order chi connectivity index (χ0) is 14.4. The fourth-order valence-electron chi connectivity index (χ4n) is 2.94. The standard InChI is InChI=1S/C14H14BrN3O2/c15-9-4-3-8(14(17)20)12-11(9)7-2-1-6(13(16)19)5-10(7)18-12/h3-4,6,18H,1-2,5H2,(H2,16,19)(H2,17,20). The van der Waals surface area contributed by atoms with Crippen LogP contribution in [-0.4, -0.2) is 16.8 Å².